The van der Waals surface area contributed by atoms with Crippen LogP contribution in [0.25, 0.3) is 0 Å². The van der Waals surface area contributed by atoms with Gasteiger partial charge in [-0.05, 0) is 69.0 Å². The van der Waals surface area contributed by atoms with Crippen LogP contribution >= 0.6 is 0 Å². The number of nitrogens with one attached hydrogen (secondary N) is 1. The Morgan fingerprint density at radius 2 is 1.33 bits per heavy atom. The van der Waals surface area contributed by atoms with Crippen LogP contribution in [0.1, 0.15) is 48.1 Å². The minimum atomic E-state index is -4.14. The lowest BCUT2D eigenvalue weighted by Crippen LogP contribution is -2.54. The lowest BCUT2D eigenvalue weighted by atomic mass is 10.0. The van der Waals surface area contributed by atoms with E-state index in [1.54, 1.807) is 36.4 Å². The summed E-state index contributed by atoms with van der Waals surface area (Å²) in [5.74, 6) is -0.757. The van der Waals surface area contributed by atoms with Gasteiger partial charge in [0.2, 0.25) is 11.8 Å². The molecule has 0 spiro atoms. The van der Waals surface area contributed by atoms with Crippen LogP contribution in [-0.2, 0) is 32.6 Å². The molecule has 7 nitrogen and oxygen atoms in total. The minimum Gasteiger partial charge on any atom is -0.352 e. The average molecular weight is 626 g/mol. The molecule has 4 aromatic rings. The van der Waals surface area contributed by atoms with Gasteiger partial charge in [-0.2, -0.15) is 0 Å². The van der Waals surface area contributed by atoms with E-state index in [0.29, 0.717) is 11.3 Å². The quantitative estimate of drug-likeness (QED) is 0.187. The molecular weight excluding hydrogens is 582 g/mol. The van der Waals surface area contributed by atoms with Gasteiger partial charge in [0.15, 0.2) is 0 Å². The van der Waals surface area contributed by atoms with Gasteiger partial charge in [0.05, 0.1) is 10.6 Å². The number of carbonyl (C=O) groups is 2. The summed E-state index contributed by atoms with van der Waals surface area (Å²) >= 11 is 0. The number of rotatable bonds is 13. The molecule has 0 aromatic heterocycles. The van der Waals surface area contributed by atoms with Gasteiger partial charge in [0, 0.05) is 19.0 Å². The molecule has 8 heteroatoms. The molecule has 0 heterocycles. The summed E-state index contributed by atoms with van der Waals surface area (Å²) < 4.78 is 29.6. The maximum Gasteiger partial charge on any atom is 0.264 e. The molecule has 4 rings (SSSR count). The van der Waals surface area contributed by atoms with Crippen molar-refractivity contribution in [1.82, 2.24) is 10.2 Å². The van der Waals surface area contributed by atoms with Crippen LogP contribution in [0.5, 0.6) is 0 Å². The summed E-state index contributed by atoms with van der Waals surface area (Å²) in [7, 11) is -4.14. The van der Waals surface area contributed by atoms with Gasteiger partial charge in [0.25, 0.3) is 10.0 Å². The molecule has 0 aliphatic carbocycles. The Hall–Kier alpha value is -4.43. The van der Waals surface area contributed by atoms with Crippen LogP contribution in [0.4, 0.5) is 5.69 Å². The second kappa shape index (κ2) is 15.0. The zero-order chi connectivity index (χ0) is 32.6. The number of hydrogen-bond acceptors (Lipinski definition) is 4. The van der Waals surface area contributed by atoms with E-state index >= 15 is 0 Å². The number of para-hydroxylation sites is 1. The summed E-state index contributed by atoms with van der Waals surface area (Å²) in [4.78, 5) is 30.1. The SMILES string of the molecule is CC[C@H](C)NC(=O)[C@@H](Cc1ccccc1)N(Cc1ccc(C)cc1)C(=O)CN(c1ccccc1C)S(=O)(=O)c1ccc(C)cc1. The predicted octanol–water partition coefficient (Wildman–Crippen LogP) is 6.36. The largest absolute Gasteiger partial charge is 0.352 e. The van der Waals surface area contributed by atoms with Crippen molar-refractivity contribution >= 4 is 27.5 Å². The summed E-state index contributed by atoms with van der Waals surface area (Å²) in [5, 5.41) is 3.07. The standard InChI is InChI=1S/C37H43N3O4S/c1-6-30(5)38-37(42)35(24-31-13-8-7-9-14-31)39(25-32-20-16-27(2)17-21-32)36(41)26-40(34-15-11-10-12-29(34)4)45(43,44)33-22-18-28(3)19-23-33/h7-23,30,35H,6,24-26H2,1-5H3,(H,38,42)/t30-,35+/m0/s1. The highest BCUT2D eigenvalue weighted by Gasteiger charge is 2.35. The molecule has 2 atom stereocenters. The Bertz CT molecular complexity index is 1690. The average Bonchev–Trinajstić information content (AvgIpc) is 3.03. The highest BCUT2D eigenvalue weighted by Crippen LogP contribution is 2.28. The molecule has 0 saturated heterocycles. The van der Waals surface area contributed by atoms with Crippen molar-refractivity contribution in [3.05, 3.63) is 131 Å². The van der Waals surface area contributed by atoms with Crippen LogP contribution in [0.3, 0.4) is 0 Å². The summed E-state index contributed by atoms with van der Waals surface area (Å²) in [6, 6.07) is 30.1. The zero-order valence-electron chi connectivity index (χ0n) is 26.7. The van der Waals surface area contributed by atoms with Crippen molar-refractivity contribution in [1.29, 1.82) is 0 Å². The second-order valence-electron chi connectivity index (χ2n) is 11.6. The van der Waals surface area contributed by atoms with Gasteiger partial charge in [-0.25, -0.2) is 8.42 Å². The summed E-state index contributed by atoms with van der Waals surface area (Å²) in [6.45, 7) is 9.27. The molecule has 0 saturated carbocycles. The minimum absolute atomic E-state index is 0.0876. The summed E-state index contributed by atoms with van der Waals surface area (Å²) in [5.41, 5.74) is 4.85. The molecule has 2 amide bonds. The maximum atomic E-state index is 14.6. The monoisotopic (exact) mass is 625 g/mol. The molecule has 1 N–H and O–H groups in total. The van der Waals surface area contributed by atoms with Gasteiger partial charge in [-0.1, -0.05) is 103 Å². The second-order valence-corrected chi connectivity index (χ2v) is 13.5. The van der Waals surface area contributed by atoms with Gasteiger partial charge in [-0.15, -0.1) is 0 Å². The van der Waals surface area contributed by atoms with Crippen LogP contribution in [0.2, 0.25) is 0 Å². The molecule has 0 bridgehead atoms. The van der Waals surface area contributed by atoms with E-state index < -0.39 is 28.5 Å². The number of hydrogen-bond donors (Lipinski definition) is 1. The lowest BCUT2D eigenvalue weighted by molar-refractivity contribution is -0.140. The Balaban J connectivity index is 1.81. The maximum absolute atomic E-state index is 14.6. The smallest absolute Gasteiger partial charge is 0.264 e. The Morgan fingerprint density at radius 3 is 1.93 bits per heavy atom. The first-order chi connectivity index (χ1) is 21.5. The number of nitrogens with zero attached hydrogens (tertiary/aromatic N) is 2. The number of anilines is 1. The molecule has 45 heavy (non-hydrogen) atoms. The molecule has 0 aliphatic rings. The van der Waals surface area contributed by atoms with E-state index in [1.807, 2.05) is 101 Å². The topological polar surface area (TPSA) is 86.8 Å². The number of sulfonamides is 1. The lowest BCUT2D eigenvalue weighted by Gasteiger charge is -2.34. The van der Waals surface area contributed by atoms with Gasteiger partial charge in [0.1, 0.15) is 12.6 Å². The molecule has 4 aromatic carbocycles. The zero-order valence-corrected chi connectivity index (χ0v) is 27.6. The third kappa shape index (κ3) is 8.60. The van der Waals surface area contributed by atoms with E-state index in [4.69, 9.17) is 0 Å². The van der Waals surface area contributed by atoms with E-state index in [1.165, 1.54) is 9.21 Å². The Morgan fingerprint density at radius 1 is 0.756 bits per heavy atom. The molecular formula is C37H43N3O4S. The van der Waals surface area contributed by atoms with Crippen molar-refractivity contribution in [2.75, 3.05) is 10.8 Å². The number of aryl methyl sites for hydroxylation is 3. The fourth-order valence-electron chi connectivity index (χ4n) is 5.08. The van der Waals surface area contributed by atoms with E-state index in [2.05, 4.69) is 5.32 Å². The van der Waals surface area contributed by atoms with Crippen LogP contribution < -0.4 is 9.62 Å². The predicted molar refractivity (Wildman–Crippen MR) is 180 cm³/mol. The van der Waals surface area contributed by atoms with Gasteiger partial charge >= 0.3 is 0 Å². The van der Waals surface area contributed by atoms with Gasteiger partial charge < -0.3 is 10.2 Å². The number of carbonyl (C=O) groups excluding carboxylic acids is 2. The van der Waals surface area contributed by atoms with E-state index in [-0.39, 0.29) is 29.8 Å². The Labute approximate surface area is 268 Å². The third-order valence-electron chi connectivity index (χ3n) is 8.02. The van der Waals surface area contributed by atoms with E-state index in [9.17, 15) is 18.0 Å². The number of benzene rings is 4. The highest BCUT2D eigenvalue weighted by molar-refractivity contribution is 7.92. The summed E-state index contributed by atoms with van der Waals surface area (Å²) in [6.07, 6.45) is 1.00. The van der Waals surface area contributed by atoms with Crippen molar-refractivity contribution in [3.63, 3.8) is 0 Å². The van der Waals surface area contributed by atoms with Crippen molar-refractivity contribution in [2.24, 2.45) is 0 Å². The highest BCUT2D eigenvalue weighted by atomic mass is 32.2. The molecule has 0 fully saturated rings. The Kier molecular flexibility index (Phi) is 11.2. The fourth-order valence-corrected chi connectivity index (χ4v) is 6.56. The van der Waals surface area contributed by atoms with Crippen molar-refractivity contribution < 1.29 is 18.0 Å². The van der Waals surface area contributed by atoms with Crippen LogP contribution in [0, 0.1) is 20.8 Å². The number of amides is 2. The molecule has 0 aliphatic heterocycles. The first kappa shape index (κ1) is 33.5. The van der Waals surface area contributed by atoms with E-state index in [0.717, 1.165) is 28.7 Å². The van der Waals surface area contributed by atoms with Crippen LogP contribution in [0.15, 0.2) is 108 Å². The van der Waals surface area contributed by atoms with Crippen molar-refractivity contribution in [2.45, 2.75) is 71.0 Å². The molecule has 0 radical (unpaired) electrons. The van der Waals surface area contributed by atoms with Crippen LogP contribution in [-0.4, -0.2) is 43.8 Å². The fraction of sp³-hybridized carbons (Fsp3) is 0.297. The molecule has 0 unspecified atom stereocenters. The third-order valence-corrected chi connectivity index (χ3v) is 9.79. The normalized spacial score (nSPS) is 12.6. The van der Waals surface area contributed by atoms with Crippen molar-refractivity contribution in [3.8, 4) is 0 Å². The first-order valence-corrected chi connectivity index (χ1v) is 16.8. The molecule has 236 valence electrons. The first-order valence-electron chi connectivity index (χ1n) is 15.3. The van der Waals surface area contributed by atoms with Gasteiger partial charge in [-0.3, -0.25) is 13.9 Å².